The van der Waals surface area contributed by atoms with Gasteiger partial charge in [-0.25, -0.2) is 4.98 Å². The Morgan fingerprint density at radius 2 is 2.24 bits per heavy atom. The molecule has 0 amide bonds. The maximum absolute atomic E-state index is 11.0. The molecule has 0 spiro atoms. The predicted octanol–water partition coefficient (Wildman–Crippen LogP) is 2.13. The molecule has 2 aliphatic carbocycles. The quantitative estimate of drug-likeness (QED) is 0.805. The minimum atomic E-state index is -0.715. The number of hydrogen-bond donors (Lipinski definition) is 2. The van der Waals surface area contributed by atoms with Gasteiger partial charge in [0.25, 0.3) is 0 Å². The summed E-state index contributed by atoms with van der Waals surface area (Å²) in [4.78, 5) is 17.5. The van der Waals surface area contributed by atoms with Gasteiger partial charge in [0, 0.05) is 24.8 Å². The third-order valence-electron chi connectivity index (χ3n) is 4.43. The van der Waals surface area contributed by atoms with Crippen LogP contribution in [0.1, 0.15) is 31.2 Å². The van der Waals surface area contributed by atoms with Crippen LogP contribution in [0.4, 0.5) is 5.82 Å². The van der Waals surface area contributed by atoms with Gasteiger partial charge < -0.3 is 10.4 Å². The average Bonchev–Trinajstić information content (AvgIpc) is 3.16. The number of carboxylic acids is 1. The number of pyridine rings is 1. The van der Waals surface area contributed by atoms with Crippen LogP contribution >= 0.6 is 0 Å². The van der Waals surface area contributed by atoms with Crippen molar-refractivity contribution >= 4 is 11.8 Å². The summed E-state index contributed by atoms with van der Waals surface area (Å²) in [6.07, 6.45) is 6.36. The molecule has 2 N–H and O–H groups in total. The number of carbonyl (C=O) groups is 1. The van der Waals surface area contributed by atoms with Crippen LogP contribution in [-0.2, 0) is 4.79 Å². The van der Waals surface area contributed by atoms with Gasteiger partial charge in [-0.1, -0.05) is 0 Å². The third kappa shape index (κ3) is 3.94. The molecule has 114 valence electrons. The van der Waals surface area contributed by atoms with E-state index in [-0.39, 0.29) is 6.54 Å². The van der Waals surface area contributed by atoms with E-state index in [0.717, 1.165) is 31.1 Å². The second-order valence-electron chi connectivity index (χ2n) is 6.45. The molecular formula is C16H23N3O2. The number of carboxylic acid groups (broad SMARTS) is 1. The van der Waals surface area contributed by atoms with Crippen molar-refractivity contribution in [1.29, 1.82) is 0 Å². The first-order chi connectivity index (χ1) is 10.1. The second kappa shape index (κ2) is 6.02. The van der Waals surface area contributed by atoms with E-state index in [1.165, 1.54) is 18.4 Å². The number of nitrogens with one attached hydrogen (secondary N) is 1. The fourth-order valence-electron chi connectivity index (χ4n) is 2.98. The normalized spacial score (nSPS) is 24.7. The standard InChI is InChI=1S/C16H23N3O2/c1-11-4-5-17-15(6-11)18-13-7-14(8-13)19(10-16(20)21)9-12-2-3-12/h4-6,12-14H,2-3,7-10H2,1H3,(H,17,18)(H,20,21). The lowest BCUT2D eigenvalue weighted by Crippen LogP contribution is -2.52. The monoisotopic (exact) mass is 289 g/mol. The smallest absolute Gasteiger partial charge is 0.317 e. The Morgan fingerprint density at radius 1 is 1.48 bits per heavy atom. The van der Waals surface area contributed by atoms with E-state index in [2.05, 4.69) is 22.1 Å². The molecule has 0 unspecified atom stereocenters. The Hall–Kier alpha value is -1.62. The van der Waals surface area contributed by atoms with Gasteiger partial charge in [-0.15, -0.1) is 0 Å². The molecule has 21 heavy (non-hydrogen) atoms. The molecule has 0 radical (unpaired) electrons. The van der Waals surface area contributed by atoms with Crippen molar-refractivity contribution in [3.63, 3.8) is 0 Å². The molecule has 5 nitrogen and oxygen atoms in total. The zero-order valence-corrected chi connectivity index (χ0v) is 12.5. The summed E-state index contributed by atoms with van der Waals surface area (Å²) >= 11 is 0. The molecule has 1 aromatic rings. The fraction of sp³-hybridized carbons (Fsp3) is 0.625. The zero-order chi connectivity index (χ0) is 14.8. The molecule has 2 saturated carbocycles. The average molecular weight is 289 g/mol. The Kier molecular flexibility index (Phi) is 4.10. The summed E-state index contributed by atoms with van der Waals surface area (Å²) in [7, 11) is 0. The molecule has 0 aromatic carbocycles. The molecule has 3 rings (SSSR count). The summed E-state index contributed by atoms with van der Waals surface area (Å²) in [5.41, 5.74) is 1.20. The van der Waals surface area contributed by atoms with Crippen LogP contribution in [-0.4, -0.2) is 46.1 Å². The van der Waals surface area contributed by atoms with Crippen LogP contribution in [0, 0.1) is 12.8 Å². The van der Waals surface area contributed by atoms with Crippen LogP contribution in [0.25, 0.3) is 0 Å². The first-order valence-electron chi connectivity index (χ1n) is 7.75. The van der Waals surface area contributed by atoms with Crippen LogP contribution in [0.15, 0.2) is 18.3 Å². The number of aromatic nitrogens is 1. The Bertz CT molecular complexity index is 510. The van der Waals surface area contributed by atoms with Gasteiger partial charge in [0.15, 0.2) is 0 Å². The van der Waals surface area contributed by atoms with Crippen molar-refractivity contribution in [3.8, 4) is 0 Å². The Balaban J connectivity index is 1.49. The lowest BCUT2D eigenvalue weighted by Gasteiger charge is -2.43. The molecule has 2 aliphatic rings. The summed E-state index contributed by atoms with van der Waals surface area (Å²) in [6.45, 7) is 3.18. The summed E-state index contributed by atoms with van der Waals surface area (Å²) in [6, 6.07) is 4.86. The molecule has 1 heterocycles. The van der Waals surface area contributed by atoms with E-state index >= 15 is 0 Å². The number of nitrogens with zero attached hydrogens (tertiary/aromatic N) is 2. The minimum absolute atomic E-state index is 0.177. The number of aryl methyl sites for hydroxylation is 1. The highest BCUT2D eigenvalue weighted by Crippen LogP contribution is 2.34. The van der Waals surface area contributed by atoms with E-state index in [9.17, 15) is 4.79 Å². The fourth-order valence-corrected chi connectivity index (χ4v) is 2.98. The van der Waals surface area contributed by atoms with Crippen molar-refractivity contribution in [2.45, 2.75) is 44.7 Å². The van der Waals surface area contributed by atoms with Gasteiger partial charge in [0.05, 0.1) is 6.54 Å². The molecular weight excluding hydrogens is 266 g/mol. The molecule has 0 aliphatic heterocycles. The van der Waals surface area contributed by atoms with Gasteiger partial charge in [0.1, 0.15) is 5.82 Å². The predicted molar refractivity (Wildman–Crippen MR) is 81.3 cm³/mol. The van der Waals surface area contributed by atoms with Crippen molar-refractivity contribution in [1.82, 2.24) is 9.88 Å². The minimum Gasteiger partial charge on any atom is -0.480 e. The van der Waals surface area contributed by atoms with Crippen molar-refractivity contribution in [2.24, 2.45) is 5.92 Å². The highest BCUT2D eigenvalue weighted by Gasteiger charge is 2.37. The third-order valence-corrected chi connectivity index (χ3v) is 4.43. The van der Waals surface area contributed by atoms with Gasteiger partial charge in [-0.05, 0) is 56.2 Å². The zero-order valence-electron chi connectivity index (χ0n) is 12.5. The van der Waals surface area contributed by atoms with Gasteiger partial charge >= 0.3 is 5.97 Å². The molecule has 1 aromatic heterocycles. The Labute approximate surface area is 125 Å². The number of aliphatic carboxylic acids is 1. The van der Waals surface area contributed by atoms with E-state index in [4.69, 9.17) is 5.11 Å². The topological polar surface area (TPSA) is 65.5 Å². The van der Waals surface area contributed by atoms with Crippen molar-refractivity contribution in [2.75, 3.05) is 18.4 Å². The lowest BCUT2D eigenvalue weighted by molar-refractivity contribution is -0.139. The first kappa shape index (κ1) is 14.3. The molecule has 2 fully saturated rings. The van der Waals surface area contributed by atoms with Gasteiger partial charge in [0.2, 0.25) is 0 Å². The number of rotatable bonds is 7. The number of hydrogen-bond acceptors (Lipinski definition) is 4. The maximum Gasteiger partial charge on any atom is 0.317 e. The number of anilines is 1. The van der Waals surface area contributed by atoms with E-state index in [1.54, 1.807) is 0 Å². The summed E-state index contributed by atoms with van der Waals surface area (Å²) in [5, 5.41) is 12.5. The van der Waals surface area contributed by atoms with Gasteiger partial charge in [-0.2, -0.15) is 0 Å². The van der Waals surface area contributed by atoms with Crippen LogP contribution in [0.3, 0.4) is 0 Å². The van der Waals surface area contributed by atoms with Crippen LogP contribution in [0.2, 0.25) is 0 Å². The second-order valence-corrected chi connectivity index (χ2v) is 6.45. The van der Waals surface area contributed by atoms with Crippen molar-refractivity contribution < 1.29 is 9.90 Å². The highest BCUT2D eigenvalue weighted by molar-refractivity contribution is 5.69. The molecule has 0 bridgehead atoms. The summed E-state index contributed by atoms with van der Waals surface area (Å²) < 4.78 is 0. The molecule has 0 saturated heterocycles. The van der Waals surface area contributed by atoms with E-state index in [0.29, 0.717) is 12.1 Å². The first-order valence-corrected chi connectivity index (χ1v) is 7.75. The highest BCUT2D eigenvalue weighted by atomic mass is 16.4. The Morgan fingerprint density at radius 3 is 2.86 bits per heavy atom. The molecule has 0 atom stereocenters. The lowest BCUT2D eigenvalue weighted by atomic mass is 9.85. The summed E-state index contributed by atoms with van der Waals surface area (Å²) in [5.74, 6) is 0.938. The van der Waals surface area contributed by atoms with E-state index in [1.807, 2.05) is 18.3 Å². The van der Waals surface area contributed by atoms with Crippen LogP contribution in [0.5, 0.6) is 0 Å². The maximum atomic E-state index is 11.0. The largest absolute Gasteiger partial charge is 0.480 e. The van der Waals surface area contributed by atoms with Crippen LogP contribution < -0.4 is 5.32 Å². The SMILES string of the molecule is Cc1ccnc(NC2CC(N(CC(=O)O)CC3CC3)C2)c1. The van der Waals surface area contributed by atoms with Gasteiger partial charge in [-0.3, -0.25) is 9.69 Å². The van der Waals surface area contributed by atoms with E-state index < -0.39 is 5.97 Å². The molecule has 5 heteroatoms. The van der Waals surface area contributed by atoms with Crippen molar-refractivity contribution in [3.05, 3.63) is 23.9 Å².